The zero-order chi connectivity index (χ0) is 20.8. The Morgan fingerprint density at radius 3 is 2.43 bits per heavy atom. The maximum atomic E-state index is 12.8. The highest BCUT2D eigenvalue weighted by Gasteiger charge is 2.43. The Bertz CT molecular complexity index is 865. The van der Waals surface area contributed by atoms with Gasteiger partial charge in [-0.15, -0.1) is 0 Å². The maximum absolute atomic E-state index is 12.8. The van der Waals surface area contributed by atoms with Crippen LogP contribution in [-0.4, -0.2) is 47.5 Å². The molecule has 2 atom stereocenters. The van der Waals surface area contributed by atoms with Crippen molar-refractivity contribution < 1.29 is 9.59 Å². The van der Waals surface area contributed by atoms with Crippen molar-refractivity contribution in [3.63, 3.8) is 0 Å². The quantitative estimate of drug-likeness (QED) is 0.574. The highest BCUT2D eigenvalue weighted by atomic mass is 16.1. The van der Waals surface area contributed by atoms with Crippen molar-refractivity contribution in [1.29, 1.82) is 0 Å². The largest absolute Gasteiger partial charge is 0.343 e. The van der Waals surface area contributed by atoms with Crippen LogP contribution in [0.15, 0.2) is 46.8 Å². The first-order valence-electron chi connectivity index (χ1n) is 12.0. The number of Topliss-reactive ketones (excluding diaryl/α,β-unsaturated/α-hetero) is 2. The molecule has 0 bridgehead atoms. The molecule has 4 heteroatoms. The third kappa shape index (κ3) is 3.64. The number of carbonyl (C=O) groups excluding carboxylic acids is 2. The number of fused-ring (bicyclic) bond motifs is 2. The van der Waals surface area contributed by atoms with Gasteiger partial charge in [0.25, 0.3) is 0 Å². The van der Waals surface area contributed by atoms with Crippen LogP contribution >= 0.6 is 0 Å². The summed E-state index contributed by atoms with van der Waals surface area (Å²) >= 11 is 0. The van der Waals surface area contributed by atoms with Crippen molar-refractivity contribution >= 4 is 11.6 Å². The summed E-state index contributed by atoms with van der Waals surface area (Å²) < 4.78 is 0. The molecule has 4 aliphatic carbocycles. The second kappa shape index (κ2) is 7.96. The molecular weight excluding hydrogens is 372 g/mol. The summed E-state index contributed by atoms with van der Waals surface area (Å²) in [6, 6.07) is 0. The third-order valence-electron chi connectivity index (χ3n) is 7.66. The summed E-state index contributed by atoms with van der Waals surface area (Å²) in [5, 5.41) is 0. The molecule has 0 N–H and O–H groups in total. The number of allylic oxidation sites excluding steroid dienone is 6. The van der Waals surface area contributed by atoms with Crippen LogP contribution in [0.4, 0.5) is 0 Å². The minimum Gasteiger partial charge on any atom is -0.343 e. The topological polar surface area (TPSA) is 40.6 Å². The molecule has 2 unspecified atom stereocenters. The fourth-order valence-corrected chi connectivity index (χ4v) is 5.41. The van der Waals surface area contributed by atoms with Crippen LogP contribution in [0.25, 0.3) is 0 Å². The molecular formula is C26H34N2O2. The average molecular weight is 407 g/mol. The van der Waals surface area contributed by atoms with Crippen molar-refractivity contribution in [2.45, 2.75) is 52.4 Å². The van der Waals surface area contributed by atoms with Gasteiger partial charge in [-0.3, -0.25) is 9.59 Å². The number of likely N-dealkylation sites (N-methyl/N-ethyl adjacent to an activating group) is 1. The number of carbonyl (C=O) groups is 2. The summed E-state index contributed by atoms with van der Waals surface area (Å²) in [6.07, 6.45) is 14.6. The molecule has 30 heavy (non-hydrogen) atoms. The first kappa shape index (κ1) is 20.0. The molecule has 0 amide bonds. The Labute approximate surface area is 180 Å². The van der Waals surface area contributed by atoms with E-state index < -0.39 is 0 Å². The normalized spacial score (nSPS) is 27.8. The number of hydrogen-bond donors (Lipinski definition) is 0. The highest BCUT2D eigenvalue weighted by molar-refractivity contribution is 5.99. The van der Waals surface area contributed by atoms with E-state index in [1.807, 2.05) is 0 Å². The van der Waals surface area contributed by atoms with Gasteiger partial charge in [0.2, 0.25) is 0 Å². The molecule has 0 spiro atoms. The van der Waals surface area contributed by atoms with Crippen molar-refractivity contribution in [3.8, 4) is 0 Å². The molecule has 4 nitrogen and oxygen atoms in total. The first-order valence-corrected chi connectivity index (χ1v) is 12.0. The van der Waals surface area contributed by atoms with Gasteiger partial charge in [0.1, 0.15) is 5.78 Å². The van der Waals surface area contributed by atoms with Gasteiger partial charge in [-0.2, -0.15) is 0 Å². The Morgan fingerprint density at radius 2 is 1.77 bits per heavy atom. The van der Waals surface area contributed by atoms with Crippen molar-refractivity contribution in [2.24, 2.45) is 23.7 Å². The molecule has 1 heterocycles. The zero-order valence-electron chi connectivity index (χ0n) is 18.4. The van der Waals surface area contributed by atoms with Gasteiger partial charge in [0.05, 0.1) is 0 Å². The summed E-state index contributed by atoms with van der Waals surface area (Å²) in [6.45, 7) is 8.55. The van der Waals surface area contributed by atoms with Gasteiger partial charge >= 0.3 is 0 Å². The van der Waals surface area contributed by atoms with Gasteiger partial charge < -0.3 is 9.80 Å². The van der Waals surface area contributed by atoms with Crippen LogP contribution in [0, 0.1) is 23.7 Å². The molecule has 0 aromatic heterocycles. The molecule has 0 radical (unpaired) electrons. The fraction of sp³-hybridized carbons (Fsp3) is 0.615. The predicted octanol–water partition coefficient (Wildman–Crippen LogP) is 4.26. The van der Waals surface area contributed by atoms with E-state index in [1.165, 1.54) is 17.0 Å². The Kier molecular flexibility index (Phi) is 5.30. The van der Waals surface area contributed by atoms with Crippen LogP contribution in [0.1, 0.15) is 52.4 Å². The van der Waals surface area contributed by atoms with E-state index >= 15 is 0 Å². The average Bonchev–Trinajstić information content (AvgIpc) is 3.69. The van der Waals surface area contributed by atoms with Crippen molar-refractivity contribution in [1.82, 2.24) is 9.80 Å². The molecule has 160 valence electrons. The minimum atomic E-state index is 0.0359. The smallest absolute Gasteiger partial charge is 0.161 e. The Morgan fingerprint density at radius 1 is 1.03 bits per heavy atom. The van der Waals surface area contributed by atoms with E-state index in [0.29, 0.717) is 17.5 Å². The monoisotopic (exact) mass is 406 g/mol. The number of nitrogens with zero attached hydrogens (tertiary/aromatic N) is 2. The summed E-state index contributed by atoms with van der Waals surface area (Å²) in [5.41, 5.74) is 5.04. The molecule has 2 saturated carbocycles. The van der Waals surface area contributed by atoms with Crippen molar-refractivity contribution in [3.05, 3.63) is 46.8 Å². The van der Waals surface area contributed by atoms with Gasteiger partial charge in [-0.1, -0.05) is 26.0 Å². The van der Waals surface area contributed by atoms with E-state index in [-0.39, 0.29) is 17.8 Å². The molecule has 5 aliphatic rings. The first-order chi connectivity index (χ1) is 14.6. The SMILES string of the molecule is CCN(CC)CCN1C2=CC=C(C(=O)C3CC3)CC2C2=C1C=CC(C(=O)C1CC1)C2. The van der Waals surface area contributed by atoms with Crippen LogP contribution < -0.4 is 0 Å². The standard InChI is InChI=1S/C26H34N2O2/c1-3-27(4-2)13-14-28-23-11-9-19(25(29)17-5-6-17)15-21(23)22-16-20(10-12-24(22)28)26(30)18-7-8-18/h9-12,17-19,22H,3-8,13-16H2,1-2H3. The minimum absolute atomic E-state index is 0.0359. The van der Waals surface area contributed by atoms with E-state index in [4.69, 9.17) is 0 Å². The highest BCUT2D eigenvalue weighted by Crippen LogP contribution is 2.49. The lowest BCUT2D eigenvalue weighted by Gasteiger charge is -2.29. The Hall–Kier alpha value is -1.94. The zero-order valence-corrected chi connectivity index (χ0v) is 18.4. The van der Waals surface area contributed by atoms with E-state index in [0.717, 1.165) is 70.3 Å². The lowest BCUT2D eigenvalue weighted by molar-refractivity contribution is -0.122. The molecule has 5 rings (SSSR count). The van der Waals surface area contributed by atoms with Gasteiger partial charge in [-0.25, -0.2) is 0 Å². The van der Waals surface area contributed by atoms with Gasteiger partial charge in [-0.05, 0) is 74.9 Å². The lowest BCUT2D eigenvalue weighted by Crippen LogP contribution is -2.33. The van der Waals surface area contributed by atoms with E-state index in [2.05, 4.69) is 48.0 Å². The van der Waals surface area contributed by atoms with Gasteiger partial charge in [0.15, 0.2) is 5.78 Å². The molecule has 2 fully saturated rings. The molecule has 1 aliphatic heterocycles. The van der Waals surface area contributed by atoms with E-state index in [9.17, 15) is 9.59 Å². The third-order valence-corrected chi connectivity index (χ3v) is 7.66. The second-order valence-corrected chi connectivity index (χ2v) is 9.61. The molecule has 0 aromatic carbocycles. The van der Waals surface area contributed by atoms with E-state index in [1.54, 1.807) is 0 Å². The maximum Gasteiger partial charge on any atom is 0.161 e. The van der Waals surface area contributed by atoms with Gasteiger partial charge in [0, 0.05) is 48.2 Å². The Balaban J connectivity index is 1.41. The molecule has 0 aromatic rings. The lowest BCUT2D eigenvalue weighted by atomic mass is 9.78. The van der Waals surface area contributed by atoms with Crippen molar-refractivity contribution in [2.75, 3.05) is 26.2 Å². The van der Waals surface area contributed by atoms with Crippen LogP contribution in [0.2, 0.25) is 0 Å². The van der Waals surface area contributed by atoms with Crippen LogP contribution in [-0.2, 0) is 9.59 Å². The van der Waals surface area contributed by atoms with Crippen LogP contribution in [0.5, 0.6) is 0 Å². The predicted molar refractivity (Wildman–Crippen MR) is 119 cm³/mol. The number of ketones is 2. The number of hydrogen-bond acceptors (Lipinski definition) is 4. The fourth-order valence-electron chi connectivity index (χ4n) is 5.41. The summed E-state index contributed by atoms with van der Waals surface area (Å²) in [5.74, 6) is 1.69. The number of rotatable bonds is 9. The molecule has 0 saturated heterocycles. The summed E-state index contributed by atoms with van der Waals surface area (Å²) in [4.78, 5) is 30.5. The second-order valence-electron chi connectivity index (χ2n) is 9.61. The summed E-state index contributed by atoms with van der Waals surface area (Å²) in [7, 11) is 0. The van der Waals surface area contributed by atoms with Crippen LogP contribution in [0.3, 0.4) is 0 Å².